The molecule has 0 atom stereocenters. The Kier molecular flexibility index (Phi) is 6.23. The zero-order valence-electron chi connectivity index (χ0n) is 5.90. The average molecular weight is 152 g/mol. The summed E-state index contributed by atoms with van der Waals surface area (Å²) >= 11 is 0. The Morgan fingerprint density at radius 3 is 1.50 bits per heavy atom. The normalized spacial score (nSPS) is 9.70. The molecular weight excluding hydrogens is 140 g/mol. The lowest BCUT2D eigenvalue weighted by atomic mass is 10.4. The molecule has 5 heteroatoms. The van der Waals surface area contributed by atoms with Crippen molar-refractivity contribution in [2.24, 2.45) is 0 Å². The molecule has 0 aromatic rings. The van der Waals surface area contributed by atoms with Crippen molar-refractivity contribution in [3.8, 4) is 0 Å². The molecule has 0 aliphatic heterocycles. The molecule has 0 heterocycles. The SMILES string of the molecule is CC(=O)O.CCC(O)(O)O. The number of aliphatic carboxylic acids is 1. The number of carbonyl (C=O) groups is 1. The molecule has 0 bridgehead atoms. The summed E-state index contributed by atoms with van der Waals surface area (Å²) in [6.07, 6.45) is -0.0625. The second kappa shape index (κ2) is 5.16. The van der Waals surface area contributed by atoms with Crippen LogP contribution in [-0.4, -0.2) is 32.4 Å². The predicted octanol–water partition coefficient (Wildman–Crippen LogP) is -0.882. The highest BCUT2D eigenvalue weighted by atomic mass is 16.7. The van der Waals surface area contributed by atoms with Gasteiger partial charge in [0.2, 0.25) is 0 Å². The van der Waals surface area contributed by atoms with Crippen LogP contribution in [0.25, 0.3) is 0 Å². The van der Waals surface area contributed by atoms with Crippen molar-refractivity contribution in [3.05, 3.63) is 0 Å². The van der Waals surface area contributed by atoms with Gasteiger partial charge in [-0.1, -0.05) is 6.92 Å². The Hall–Kier alpha value is -0.650. The van der Waals surface area contributed by atoms with E-state index in [4.69, 9.17) is 25.2 Å². The second-order valence-electron chi connectivity index (χ2n) is 1.65. The van der Waals surface area contributed by atoms with Gasteiger partial charge in [-0.05, 0) is 0 Å². The van der Waals surface area contributed by atoms with Crippen molar-refractivity contribution in [1.82, 2.24) is 0 Å². The van der Waals surface area contributed by atoms with E-state index in [1.54, 1.807) is 0 Å². The first kappa shape index (κ1) is 12.1. The molecule has 0 saturated heterocycles. The molecule has 0 aromatic carbocycles. The minimum atomic E-state index is -2.46. The summed E-state index contributed by atoms with van der Waals surface area (Å²) in [5.74, 6) is -3.29. The Balaban J connectivity index is 0. The fourth-order valence-electron chi connectivity index (χ4n) is 0. The fraction of sp³-hybridized carbons (Fsp3) is 0.800. The molecule has 0 saturated carbocycles. The van der Waals surface area contributed by atoms with Crippen molar-refractivity contribution in [2.75, 3.05) is 0 Å². The van der Waals surface area contributed by atoms with Crippen molar-refractivity contribution in [1.29, 1.82) is 0 Å². The Morgan fingerprint density at radius 2 is 1.50 bits per heavy atom. The first-order chi connectivity index (χ1) is 4.29. The van der Waals surface area contributed by atoms with E-state index in [1.165, 1.54) is 6.92 Å². The molecule has 0 radical (unpaired) electrons. The van der Waals surface area contributed by atoms with Crippen molar-refractivity contribution in [2.45, 2.75) is 26.2 Å². The Morgan fingerprint density at radius 1 is 1.40 bits per heavy atom. The molecule has 10 heavy (non-hydrogen) atoms. The van der Waals surface area contributed by atoms with E-state index in [2.05, 4.69) is 0 Å². The largest absolute Gasteiger partial charge is 0.481 e. The van der Waals surface area contributed by atoms with Crippen LogP contribution in [0.2, 0.25) is 0 Å². The summed E-state index contributed by atoms with van der Waals surface area (Å²) < 4.78 is 0. The van der Waals surface area contributed by atoms with Gasteiger partial charge in [0, 0.05) is 13.3 Å². The van der Waals surface area contributed by atoms with Gasteiger partial charge in [-0.15, -0.1) is 0 Å². The predicted molar refractivity (Wildman–Crippen MR) is 33.0 cm³/mol. The monoisotopic (exact) mass is 152 g/mol. The lowest BCUT2D eigenvalue weighted by molar-refractivity contribution is -0.312. The summed E-state index contributed by atoms with van der Waals surface area (Å²) in [6.45, 7) is 2.54. The maximum absolute atomic E-state index is 9.00. The van der Waals surface area contributed by atoms with Gasteiger partial charge in [0.15, 0.2) is 0 Å². The smallest absolute Gasteiger partial charge is 0.300 e. The van der Waals surface area contributed by atoms with Crippen LogP contribution in [0, 0.1) is 0 Å². The van der Waals surface area contributed by atoms with Crippen LogP contribution >= 0.6 is 0 Å². The van der Waals surface area contributed by atoms with Crippen LogP contribution in [0.3, 0.4) is 0 Å². The summed E-state index contributed by atoms with van der Waals surface area (Å²) in [7, 11) is 0. The number of hydrogen-bond acceptors (Lipinski definition) is 4. The number of aliphatic hydroxyl groups is 3. The van der Waals surface area contributed by atoms with Crippen molar-refractivity contribution in [3.63, 3.8) is 0 Å². The molecule has 5 nitrogen and oxygen atoms in total. The third-order valence-electron chi connectivity index (χ3n) is 0.474. The summed E-state index contributed by atoms with van der Waals surface area (Å²) in [4.78, 5) is 9.00. The molecule has 0 fully saturated rings. The molecule has 62 valence electrons. The minimum Gasteiger partial charge on any atom is -0.481 e. The Labute approximate surface area is 58.5 Å². The topological polar surface area (TPSA) is 98.0 Å². The van der Waals surface area contributed by atoms with Crippen LogP contribution in [0.15, 0.2) is 0 Å². The van der Waals surface area contributed by atoms with E-state index in [-0.39, 0.29) is 6.42 Å². The lowest BCUT2D eigenvalue weighted by Gasteiger charge is -2.08. The third-order valence-corrected chi connectivity index (χ3v) is 0.474. The van der Waals surface area contributed by atoms with E-state index in [0.29, 0.717) is 0 Å². The first-order valence-corrected chi connectivity index (χ1v) is 2.66. The molecule has 0 spiro atoms. The highest BCUT2D eigenvalue weighted by Crippen LogP contribution is 1.95. The number of carboxylic acids is 1. The molecular formula is C5H12O5. The van der Waals surface area contributed by atoms with Crippen molar-refractivity contribution >= 4 is 5.97 Å². The summed E-state index contributed by atoms with van der Waals surface area (Å²) in [5, 5.41) is 31.2. The van der Waals surface area contributed by atoms with Crippen LogP contribution in [0.5, 0.6) is 0 Å². The van der Waals surface area contributed by atoms with E-state index in [0.717, 1.165) is 6.92 Å². The van der Waals surface area contributed by atoms with Gasteiger partial charge >= 0.3 is 0 Å². The zero-order valence-corrected chi connectivity index (χ0v) is 5.90. The summed E-state index contributed by atoms with van der Waals surface area (Å²) in [6, 6.07) is 0. The number of carboxylic acid groups (broad SMARTS) is 1. The standard InChI is InChI=1S/C3H8O3.C2H4O2/c1-2-3(4,5)6;1-2(3)4/h4-6H,2H2,1H3;1H3,(H,3,4). The summed E-state index contributed by atoms with van der Waals surface area (Å²) in [5.41, 5.74) is 0. The maximum atomic E-state index is 9.00. The van der Waals surface area contributed by atoms with Gasteiger partial charge in [-0.3, -0.25) is 4.79 Å². The van der Waals surface area contributed by atoms with Gasteiger partial charge < -0.3 is 20.4 Å². The molecule has 0 amide bonds. The van der Waals surface area contributed by atoms with Gasteiger partial charge in [-0.2, -0.15) is 0 Å². The van der Waals surface area contributed by atoms with E-state index >= 15 is 0 Å². The van der Waals surface area contributed by atoms with Gasteiger partial charge in [-0.25, -0.2) is 0 Å². The van der Waals surface area contributed by atoms with Gasteiger partial charge in [0.05, 0.1) is 0 Å². The lowest BCUT2D eigenvalue weighted by Crippen LogP contribution is -2.24. The number of rotatable bonds is 1. The third kappa shape index (κ3) is 53.7. The Bertz CT molecular complexity index is 88.7. The van der Waals surface area contributed by atoms with E-state index in [1.807, 2.05) is 0 Å². The molecule has 4 N–H and O–H groups in total. The second-order valence-corrected chi connectivity index (χ2v) is 1.65. The molecule has 0 aliphatic carbocycles. The first-order valence-electron chi connectivity index (χ1n) is 2.66. The van der Waals surface area contributed by atoms with Gasteiger partial charge in [0.1, 0.15) is 0 Å². The van der Waals surface area contributed by atoms with E-state index in [9.17, 15) is 0 Å². The minimum absolute atomic E-state index is 0.0625. The van der Waals surface area contributed by atoms with E-state index < -0.39 is 11.9 Å². The molecule has 0 aromatic heterocycles. The molecule has 0 aliphatic rings. The highest BCUT2D eigenvalue weighted by molar-refractivity contribution is 5.62. The molecule has 0 unspecified atom stereocenters. The van der Waals surface area contributed by atoms with Crippen LogP contribution in [0.1, 0.15) is 20.3 Å². The van der Waals surface area contributed by atoms with Crippen molar-refractivity contribution < 1.29 is 25.2 Å². The number of hydrogen-bond donors (Lipinski definition) is 4. The highest BCUT2D eigenvalue weighted by Gasteiger charge is 2.11. The van der Waals surface area contributed by atoms with Crippen LogP contribution < -0.4 is 0 Å². The zero-order chi connectivity index (χ0) is 8.78. The van der Waals surface area contributed by atoms with Gasteiger partial charge in [0.25, 0.3) is 11.9 Å². The quantitative estimate of drug-likeness (QED) is 0.366. The van der Waals surface area contributed by atoms with Crippen LogP contribution in [0.4, 0.5) is 0 Å². The maximum Gasteiger partial charge on any atom is 0.300 e. The fourth-order valence-corrected chi connectivity index (χ4v) is 0. The van der Waals surface area contributed by atoms with Crippen LogP contribution in [-0.2, 0) is 4.79 Å². The average Bonchev–Trinajstić information content (AvgIpc) is 1.63. The molecule has 0 rings (SSSR count).